The first-order valence-corrected chi connectivity index (χ1v) is 14.8. The van der Waals surface area contributed by atoms with Crippen LogP contribution in [-0.2, 0) is 10.3 Å². The zero-order valence-corrected chi connectivity index (χ0v) is 25.0. The molecule has 1 fully saturated rings. The van der Waals surface area contributed by atoms with E-state index in [0.29, 0.717) is 45.5 Å². The van der Waals surface area contributed by atoms with Crippen LogP contribution in [0.1, 0.15) is 50.2 Å². The van der Waals surface area contributed by atoms with Crippen LogP contribution < -0.4 is 15.5 Å². The van der Waals surface area contributed by atoms with Gasteiger partial charge in [-0.3, -0.25) is 0 Å². The topological polar surface area (TPSA) is 116 Å². The maximum Gasteiger partial charge on any atom is 0.340 e. The van der Waals surface area contributed by atoms with Crippen LogP contribution in [-0.4, -0.2) is 70.3 Å². The lowest BCUT2D eigenvalue weighted by Gasteiger charge is -2.34. The van der Waals surface area contributed by atoms with Crippen molar-refractivity contribution in [2.45, 2.75) is 45.8 Å². The molecule has 1 unspecified atom stereocenters. The van der Waals surface area contributed by atoms with Crippen LogP contribution in [0.15, 0.2) is 47.8 Å². The van der Waals surface area contributed by atoms with Crippen molar-refractivity contribution in [2.24, 2.45) is 0 Å². The molecule has 41 heavy (non-hydrogen) atoms. The van der Waals surface area contributed by atoms with Crippen molar-refractivity contribution in [3.63, 3.8) is 0 Å². The van der Waals surface area contributed by atoms with Gasteiger partial charge < -0.3 is 30.3 Å². The Bertz CT molecular complexity index is 1510. The highest BCUT2D eigenvalue weighted by atomic mass is 32.1. The second-order valence-electron chi connectivity index (χ2n) is 10.9. The summed E-state index contributed by atoms with van der Waals surface area (Å²) in [5, 5.41) is 19.4. The standard InChI is InChI=1S/C30H37N7O3S/c1-6-19(2)40-28(38)22-18-41-27-25(22)26(33-24-9-7-8-23(32-24)30(3,4)39)34-29(35-27)31-20-10-12-21(13-11-20)37-16-14-36(5)15-17-37/h7-13,18-19,39H,6,14-17H2,1-5H3,(H2,31,32,33,34,35). The van der Waals surface area contributed by atoms with Crippen LogP contribution in [0.5, 0.6) is 0 Å². The van der Waals surface area contributed by atoms with Crippen molar-refractivity contribution >= 4 is 56.5 Å². The normalized spacial score (nSPS) is 15.1. The minimum absolute atomic E-state index is 0.213. The summed E-state index contributed by atoms with van der Waals surface area (Å²) in [5.41, 5.74) is 1.82. The number of piperazine rings is 1. The number of rotatable bonds is 9. The SMILES string of the molecule is CCC(C)OC(=O)c1csc2nc(Nc3ccc(N4CCN(C)CC4)cc3)nc(Nc3cccc(C(C)(C)O)n3)c12. The zero-order valence-electron chi connectivity index (χ0n) is 24.1. The number of thiophene rings is 1. The fraction of sp³-hybridized carbons (Fsp3) is 0.400. The molecule has 1 aliphatic rings. The van der Waals surface area contributed by atoms with Gasteiger partial charge in [0.15, 0.2) is 0 Å². The molecule has 3 N–H and O–H groups in total. The number of anilines is 5. The summed E-state index contributed by atoms with van der Waals surface area (Å²) in [5.74, 6) is 0.870. The average molecular weight is 576 g/mol. The van der Waals surface area contributed by atoms with Crippen molar-refractivity contribution in [1.29, 1.82) is 0 Å². The van der Waals surface area contributed by atoms with Crippen LogP contribution in [0, 0.1) is 0 Å². The number of ether oxygens (including phenoxy) is 1. The highest BCUT2D eigenvalue weighted by molar-refractivity contribution is 7.17. The van der Waals surface area contributed by atoms with E-state index in [1.807, 2.05) is 32.0 Å². The minimum atomic E-state index is -1.12. The lowest BCUT2D eigenvalue weighted by atomic mass is 10.1. The summed E-state index contributed by atoms with van der Waals surface area (Å²) < 4.78 is 5.63. The number of aromatic nitrogens is 3. The molecule has 3 aromatic heterocycles. The quantitative estimate of drug-likeness (QED) is 0.221. The maximum absolute atomic E-state index is 13.1. The predicted octanol–water partition coefficient (Wildman–Crippen LogP) is 5.51. The number of fused-ring (bicyclic) bond motifs is 1. The molecule has 0 radical (unpaired) electrons. The lowest BCUT2D eigenvalue weighted by Crippen LogP contribution is -2.44. The van der Waals surface area contributed by atoms with Gasteiger partial charge in [0.05, 0.1) is 22.7 Å². The summed E-state index contributed by atoms with van der Waals surface area (Å²) in [6, 6.07) is 13.6. The van der Waals surface area contributed by atoms with E-state index >= 15 is 0 Å². The van der Waals surface area contributed by atoms with Gasteiger partial charge in [0.1, 0.15) is 22.1 Å². The Kier molecular flexibility index (Phi) is 8.39. The Morgan fingerprint density at radius 1 is 1.07 bits per heavy atom. The fourth-order valence-electron chi connectivity index (χ4n) is 4.48. The molecule has 1 saturated heterocycles. The Balaban J connectivity index is 1.47. The average Bonchev–Trinajstić information content (AvgIpc) is 3.38. The number of nitrogens with zero attached hydrogens (tertiary/aromatic N) is 5. The van der Waals surface area contributed by atoms with E-state index in [0.717, 1.165) is 31.9 Å². The number of carbonyl (C=O) groups is 1. The molecule has 0 amide bonds. The summed E-state index contributed by atoms with van der Waals surface area (Å²) in [7, 11) is 2.15. The number of esters is 1. The molecule has 0 saturated carbocycles. The largest absolute Gasteiger partial charge is 0.459 e. The number of carbonyl (C=O) groups excluding carboxylic acids is 1. The van der Waals surface area contributed by atoms with Gasteiger partial charge in [0.25, 0.3) is 0 Å². The molecule has 0 aliphatic carbocycles. The van der Waals surface area contributed by atoms with Crippen molar-refractivity contribution < 1.29 is 14.6 Å². The lowest BCUT2D eigenvalue weighted by molar-refractivity contribution is 0.0337. The van der Waals surface area contributed by atoms with E-state index in [9.17, 15) is 9.90 Å². The number of benzene rings is 1. The van der Waals surface area contributed by atoms with Gasteiger partial charge in [-0.15, -0.1) is 11.3 Å². The first kappa shape index (κ1) is 28.7. The number of nitrogens with one attached hydrogen (secondary N) is 2. The predicted molar refractivity (Wildman–Crippen MR) is 165 cm³/mol. The van der Waals surface area contributed by atoms with E-state index in [1.165, 1.54) is 17.0 Å². The molecule has 10 nitrogen and oxygen atoms in total. The Morgan fingerprint density at radius 3 is 2.49 bits per heavy atom. The zero-order chi connectivity index (χ0) is 29.1. The minimum Gasteiger partial charge on any atom is -0.459 e. The molecule has 1 aliphatic heterocycles. The van der Waals surface area contributed by atoms with Gasteiger partial charge in [-0.05, 0) is 70.6 Å². The van der Waals surface area contributed by atoms with Crippen molar-refractivity contribution in [1.82, 2.24) is 19.9 Å². The molecule has 5 rings (SSSR count). The van der Waals surface area contributed by atoms with Crippen LogP contribution in [0.4, 0.5) is 29.0 Å². The summed E-state index contributed by atoms with van der Waals surface area (Å²) in [6.45, 7) is 11.3. The van der Waals surface area contributed by atoms with E-state index in [-0.39, 0.29) is 6.10 Å². The highest BCUT2D eigenvalue weighted by Crippen LogP contribution is 2.34. The molecule has 0 bridgehead atoms. The van der Waals surface area contributed by atoms with Crippen molar-refractivity contribution in [2.75, 3.05) is 48.8 Å². The Hall–Kier alpha value is -3.80. The number of hydrogen-bond donors (Lipinski definition) is 3. The van der Waals surface area contributed by atoms with Crippen LogP contribution in [0.2, 0.25) is 0 Å². The number of pyridine rings is 1. The van der Waals surface area contributed by atoms with E-state index in [1.54, 1.807) is 31.4 Å². The van der Waals surface area contributed by atoms with Crippen LogP contribution in [0.3, 0.4) is 0 Å². The van der Waals surface area contributed by atoms with Crippen molar-refractivity contribution in [3.8, 4) is 0 Å². The first-order chi connectivity index (χ1) is 19.6. The van der Waals surface area contributed by atoms with Gasteiger partial charge in [-0.2, -0.15) is 4.98 Å². The molecule has 4 aromatic rings. The van der Waals surface area contributed by atoms with Gasteiger partial charge in [-0.25, -0.2) is 14.8 Å². The first-order valence-electron chi connectivity index (χ1n) is 13.9. The van der Waals surface area contributed by atoms with Crippen LogP contribution >= 0.6 is 11.3 Å². The Labute approximate surface area is 244 Å². The molecule has 11 heteroatoms. The molecular weight excluding hydrogens is 538 g/mol. The second kappa shape index (κ2) is 12.0. The number of aliphatic hydroxyl groups is 1. The van der Waals surface area contributed by atoms with E-state index in [2.05, 4.69) is 44.6 Å². The summed E-state index contributed by atoms with van der Waals surface area (Å²) in [6.07, 6.45) is 0.500. The van der Waals surface area contributed by atoms with Gasteiger partial charge in [0.2, 0.25) is 5.95 Å². The molecule has 1 aromatic carbocycles. The van der Waals surface area contributed by atoms with Gasteiger partial charge in [-0.1, -0.05) is 13.0 Å². The van der Waals surface area contributed by atoms with Gasteiger partial charge >= 0.3 is 5.97 Å². The molecular formula is C30H37N7O3S. The van der Waals surface area contributed by atoms with Crippen LogP contribution in [0.25, 0.3) is 10.2 Å². The second-order valence-corrected chi connectivity index (χ2v) is 11.8. The fourth-order valence-corrected chi connectivity index (χ4v) is 5.39. The third kappa shape index (κ3) is 6.75. The number of hydrogen-bond acceptors (Lipinski definition) is 11. The third-order valence-electron chi connectivity index (χ3n) is 7.15. The highest BCUT2D eigenvalue weighted by Gasteiger charge is 2.23. The van der Waals surface area contributed by atoms with Gasteiger partial charge in [0, 0.05) is 42.9 Å². The number of likely N-dealkylation sites (N-methyl/N-ethyl adjacent to an activating group) is 1. The van der Waals surface area contributed by atoms with E-state index < -0.39 is 11.6 Å². The summed E-state index contributed by atoms with van der Waals surface area (Å²) >= 11 is 1.35. The van der Waals surface area contributed by atoms with E-state index in [4.69, 9.17) is 14.7 Å². The van der Waals surface area contributed by atoms with Crippen molar-refractivity contribution in [3.05, 3.63) is 59.1 Å². The molecule has 0 spiro atoms. The third-order valence-corrected chi connectivity index (χ3v) is 8.02. The smallest absolute Gasteiger partial charge is 0.340 e. The molecule has 216 valence electrons. The Morgan fingerprint density at radius 2 is 1.80 bits per heavy atom. The molecule has 4 heterocycles. The maximum atomic E-state index is 13.1. The monoisotopic (exact) mass is 575 g/mol. The summed E-state index contributed by atoms with van der Waals surface area (Å²) in [4.78, 5) is 32.5. The molecule has 1 atom stereocenters.